The number of nitrogens with two attached hydrogens (primary N) is 1. The summed E-state index contributed by atoms with van der Waals surface area (Å²) in [7, 11) is 1.72. The Hall–Kier alpha value is -0.970. The maximum absolute atomic E-state index is 12.9. The van der Waals surface area contributed by atoms with Crippen LogP contribution < -0.4 is 5.73 Å². The van der Waals surface area contributed by atoms with E-state index in [9.17, 15) is 4.39 Å². The van der Waals surface area contributed by atoms with Crippen LogP contribution in [0.1, 0.15) is 31.9 Å². The van der Waals surface area contributed by atoms with Crippen molar-refractivity contribution in [3.8, 4) is 0 Å². The van der Waals surface area contributed by atoms with Crippen LogP contribution in [-0.2, 0) is 4.74 Å². The van der Waals surface area contributed by atoms with Gasteiger partial charge >= 0.3 is 0 Å². The summed E-state index contributed by atoms with van der Waals surface area (Å²) in [6, 6.07) is 6.41. The molecule has 0 saturated heterocycles. The molecule has 20 heavy (non-hydrogen) atoms. The van der Waals surface area contributed by atoms with Crippen molar-refractivity contribution in [1.29, 1.82) is 0 Å². The zero-order valence-electron chi connectivity index (χ0n) is 12.8. The molecule has 1 atom stereocenters. The van der Waals surface area contributed by atoms with Crippen LogP contribution in [0, 0.1) is 11.7 Å². The summed E-state index contributed by atoms with van der Waals surface area (Å²) in [5.41, 5.74) is 7.16. The maximum Gasteiger partial charge on any atom is 0.123 e. The first-order chi connectivity index (χ1) is 9.52. The molecule has 0 amide bonds. The lowest BCUT2D eigenvalue weighted by Gasteiger charge is -2.25. The van der Waals surface area contributed by atoms with Crippen LogP contribution in [0.2, 0.25) is 0 Å². The van der Waals surface area contributed by atoms with Gasteiger partial charge in [0.25, 0.3) is 0 Å². The highest BCUT2D eigenvalue weighted by Crippen LogP contribution is 2.15. The fraction of sp³-hybridized carbons (Fsp3) is 0.625. The van der Waals surface area contributed by atoms with E-state index >= 15 is 0 Å². The number of hydrogen-bond acceptors (Lipinski definition) is 3. The minimum Gasteiger partial charge on any atom is -0.383 e. The monoisotopic (exact) mass is 282 g/mol. The quantitative estimate of drug-likeness (QED) is 0.757. The van der Waals surface area contributed by atoms with Gasteiger partial charge in [0.2, 0.25) is 0 Å². The van der Waals surface area contributed by atoms with E-state index in [0.717, 1.165) is 38.2 Å². The molecule has 0 aliphatic heterocycles. The standard InChI is InChI=1S/C16H27FN2O/c1-13(2)12-19(10-11-20-3)9-8-16(18)14-4-6-15(17)7-5-14/h4-7,13,16H,8-12,18H2,1-3H3. The third-order valence-corrected chi connectivity index (χ3v) is 3.29. The minimum absolute atomic E-state index is 0.0483. The zero-order chi connectivity index (χ0) is 15.0. The van der Waals surface area contributed by atoms with Gasteiger partial charge in [-0.15, -0.1) is 0 Å². The van der Waals surface area contributed by atoms with Crippen LogP contribution in [-0.4, -0.2) is 38.3 Å². The Bertz CT molecular complexity index is 367. The molecular formula is C16H27FN2O. The fourth-order valence-electron chi connectivity index (χ4n) is 2.23. The van der Waals surface area contributed by atoms with Gasteiger partial charge in [0.15, 0.2) is 0 Å². The van der Waals surface area contributed by atoms with E-state index < -0.39 is 0 Å². The molecule has 0 fully saturated rings. The Kier molecular flexibility index (Phi) is 7.73. The Morgan fingerprint density at radius 2 is 1.85 bits per heavy atom. The highest BCUT2D eigenvalue weighted by Gasteiger charge is 2.11. The summed E-state index contributed by atoms with van der Waals surface area (Å²) in [6.07, 6.45) is 0.863. The van der Waals surface area contributed by atoms with Gasteiger partial charge in [-0.3, -0.25) is 0 Å². The molecular weight excluding hydrogens is 255 g/mol. The molecule has 1 rings (SSSR count). The van der Waals surface area contributed by atoms with Crippen molar-refractivity contribution in [3.05, 3.63) is 35.6 Å². The van der Waals surface area contributed by atoms with Crippen LogP contribution >= 0.6 is 0 Å². The Morgan fingerprint density at radius 1 is 1.20 bits per heavy atom. The highest BCUT2D eigenvalue weighted by molar-refractivity contribution is 5.19. The molecule has 0 saturated carbocycles. The number of methoxy groups -OCH3 is 1. The third kappa shape index (κ3) is 6.46. The van der Waals surface area contributed by atoms with E-state index in [-0.39, 0.29) is 11.9 Å². The predicted octanol–water partition coefficient (Wildman–Crippen LogP) is 2.82. The molecule has 114 valence electrons. The molecule has 0 aliphatic rings. The van der Waals surface area contributed by atoms with Crippen LogP contribution in [0.25, 0.3) is 0 Å². The van der Waals surface area contributed by atoms with Crippen LogP contribution in [0.4, 0.5) is 4.39 Å². The Morgan fingerprint density at radius 3 is 2.40 bits per heavy atom. The minimum atomic E-state index is -0.220. The summed E-state index contributed by atoms with van der Waals surface area (Å²) in [4.78, 5) is 2.37. The summed E-state index contributed by atoms with van der Waals surface area (Å²) in [5, 5.41) is 0. The van der Waals surface area contributed by atoms with E-state index in [4.69, 9.17) is 10.5 Å². The van der Waals surface area contributed by atoms with E-state index in [2.05, 4.69) is 18.7 Å². The van der Waals surface area contributed by atoms with Gasteiger partial charge in [-0.05, 0) is 30.0 Å². The van der Waals surface area contributed by atoms with Crippen LogP contribution in [0.3, 0.4) is 0 Å². The largest absolute Gasteiger partial charge is 0.383 e. The molecule has 0 heterocycles. The lowest BCUT2D eigenvalue weighted by atomic mass is 10.0. The molecule has 1 unspecified atom stereocenters. The topological polar surface area (TPSA) is 38.5 Å². The molecule has 0 radical (unpaired) electrons. The third-order valence-electron chi connectivity index (χ3n) is 3.29. The number of benzene rings is 1. The lowest BCUT2D eigenvalue weighted by Crippen LogP contribution is -2.33. The smallest absolute Gasteiger partial charge is 0.123 e. The van der Waals surface area contributed by atoms with Gasteiger partial charge in [-0.2, -0.15) is 0 Å². The summed E-state index contributed by atoms with van der Waals surface area (Å²) in [5.74, 6) is 0.399. The van der Waals surface area contributed by atoms with Gasteiger partial charge < -0.3 is 15.4 Å². The summed E-state index contributed by atoms with van der Waals surface area (Å²) >= 11 is 0. The molecule has 2 N–H and O–H groups in total. The van der Waals surface area contributed by atoms with E-state index in [1.807, 2.05) is 0 Å². The van der Waals surface area contributed by atoms with Crippen LogP contribution in [0.5, 0.6) is 0 Å². The van der Waals surface area contributed by atoms with Crippen molar-refractivity contribution in [1.82, 2.24) is 4.90 Å². The van der Waals surface area contributed by atoms with Gasteiger partial charge in [0.1, 0.15) is 5.82 Å². The van der Waals surface area contributed by atoms with Crippen molar-refractivity contribution < 1.29 is 9.13 Å². The first kappa shape index (κ1) is 17.1. The van der Waals surface area contributed by atoms with Gasteiger partial charge in [0, 0.05) is 32.8 Å². The second kappa shape index (κ2) is 9.06. The Labute approximate surface area is 121 Å². The number of hydrogen-bond donors (Lipinski definition) is 1. The van der Waals surface area contributed by atoms with Gasteiger partial charge in [-0.1, -0.05) is 26.0 Å². The summed E-state index contributed by atoms with van der Waals surface area (Å²) < 4.78 is 18.0. The normalized spacial score (nSPS) is 13.2. The second-order valence-corrected chi connectivity index (χ2v) is 5.63. The highest BCUT2D eigenvalue weighted by atomic mass is 19.1. The second-order valence-electron chi connectivity index (χ2n) is 5.63. The van der Waals surface area contributed by atoms with Gasteiger partial charge in [-0.25, -0.2) is 4.39 Å². The van der Waals surface area contributed by atoms with E-state index in [1.54, 1.807) is 19.2 Å². The predicted molar refractivity (Wildman–Crippen MR) is 81.1 cm³/mol. The molecule has 0 spiro atoms. The maximum atomic E-state index is 12.9. The number of ether oxygens (including phenoxy) is 1. The molecule has 1 aromatic carbocycles. The van der Waals surface area contributed by atoms with Crippen molar-refractivity contribution in [2.24, 2.45) is 11.7 Å². The molecule has 0 aliphatic carbocycles. The first-order valence-corrected chi connectivity index (χ1v) is 7.25. The van der Waals surface area contributed by atoms with Crippen LogP contribution in [0.15, 0.2) is 24.3 Å². The van der Waals surface area contributed by atoms with Gasteiger partial charge in [0.05, 0.1) is 6.61 Å². The van der Waals surface area contributed by atoms with Crippen molar-refractivity contribution >= 4 is 0 Å². The van der Waals surface area contributed by atoms with Crippen molar-refractivity contribution in [3.63, 3.8) is 0 Å². The first-order valence-electron chi connectivity index (χ1n) is 7.25. The average molecular weight is 282 g/mol. The van der Waals surface area contributed by atoms with Crippen molar-refractivity contribution in [2.75, 3.05) is 33.4 Å². The number of nitrogens with zero attached hydrogens (tertiary/aromatic N) is 1. The molecule has 3 nitrogen and oxygen atoms in total. The van der Waals surface area contributed by atoms with E-state index in [0.29, 0.717) is 5.92 Å². The SMILES string of the molecule is COCCN(CCC(N)c1ccc(F)cc1)CC(C)C. The molecule has 0 bridgehead atoms. The molecule has 4 heteroatoms. The average Bonchev–Trinajstić information content (AvgIpc) is 2.41. The molecule has 1 aromatic rings. The fourth-order valence-corrected chi connectivity index (χ4v) is 2.23. The Balaban J connectivity index is 2.46. The number of halogens is 1. The van der Waals surface area contributed by atoms with E-state index in [1.165, 1.54) is 12.1 Å². The van der Waals surface area contributed by atoms with Crippen molar-refractivity contribution in [2.45, 2.75) is 26.3 Å². The summed E-state index contributed by atoms with van der Waals surface area (Å²) in [6.45, 7) is 8.04. The molecule has 0 aromatic heterocycles. The number of rotatable bonds is 9. The lowest BCUT2D eigenvalue weighted by molar-refractivity contribution is 0.138. The zero-order valence-corrected chi connectivity index (χ0v) is 12.8.